The molecule has 0 heterocycles. The number of ether oxygens (including phenoxy) is 3. The molecule has 354 valence electrons. The van der Waals surface area contributed by atoms with Gasteiger partial charge in [0.25, 0.3) is 0 Å². The fraction of sp³-hybridized carbons (Fsp3) is 0.500. The van der Waals surface area contributed by atoms with Gasteiger partial charge < -0.3 is 14.2 Å². The molecule has 0 fully saturated rings. The summed E-state index contributed by atoms with van der Waals surface area (Å²) in [7, 11) is 0. The van der Waals surface area contributed by atoms with Gasteiger partial charge in [0.2, 0.25) is 0 Å². The highest BCUT2D eigenvalue weighted by Crippen LogP contribution is 2.12. The third-order valence-corrected chi connectivity index (χ3v) is 9.51. The van der Waals surface area contributed by atoms with Crippen LogP contribution >= 0.6 is 0 Å². The number of carbonyl (C=O) groups excluding carboxylic acids is 3. The minimum Gasteiger partial charge on any atom is -0.462 e. The van der Waals surface area contributed by atoms with Crippen LogP contribution in [0.4, 0.5) is 0 Å². The lowest BCUT2D eigenvalue weighted by molar-refractivity contribution is -0.167. The Morgan fingerprint density at radius 1 is 0.328 bits per heavy atom. The maximum Gasteiger partial charge on any atom is 0.306 e. The molecule has 64 heavy (non-hydrogen) atoms. The van der Waals surface area contributed by atoms with Crippen LogP contribution in [0.1, 0.15) is 168 Å². The zero-order chi connectivity index (χ0) is 46.5. The Kier molecular flexibility index (Phi) is 46.7. The molecule has 0 spiro atoms. The van der Waals surface area contributed by atoms with Gasteiger partial charge in [0.1, 0.15) is 13.2 Å². The van der Waals surface area contributed by atoms with Gasteiger partial charge in [-0.15, -0.1) is 0 Å². The molecule has 0 aliphatic heterocycles. The Bertz CT molecular complexity index is 1520. The van der Waals surface area contributed by atoms with E-state index in [0.717, 1.165) is 122 Å². The lowest BCUT2D eigenvalue weighted by Gasteiger charge is -2.18. The Morgan fingerprint density at radius 2 is 0.641 bits per heavy atom. The van der Waals surface area contributed by atoms with Crippen molar-refractivity contribution in [3.63, 3.8) is 0 Å². The highest BCUT2D eigenvalue weighted by Gasteiger charge is 2.19. The molecule has 0 saturated heterocycles. The lowest BCUT2D eigenvalue weighted by atomic mass is 10.1. The van der Waals surface area contributed by atoms with Gasteiger partial charge in [-0.05, 0) is 89.9 Å². The number of rotatable bonds is 41. The van der Waals surface area contributed by atoms with Crippen LogP contribution in [0, 0.1) is 0 Å². The molecule has 0 aromatic rings. The van der Waals surface area contributed by atoms with Gasteiger partial charge in [0.05, 0.1) is 0 Å². The highest BCUT2D eigenvalue weighted by molar-refractivity contribution is 5.71. The summed E-state index contributed by atoms with van der Waals surface area (Å²) in [6.07, 6.45) is 73.6. The first-order valence-corrected chi connectivity index (χ1v) is 24.6. The average Bonchev–Trinajstić information content (AvgIpc) is 3.29. The predicted molar refractivity (Wildman–Crippen MR) is 274 cm³/mol. The molecule has 1 unspecified atom stereocenters. The first-order chi connectivity index (χ1) is 31.5. The molecule has 6 heteroatoms. The molecule has 0 saturated carbocycles. The average molecular weight is 879 g/mol. The van der Waals surface area contributed by atoms with E-state index in [9.17, 15) is 14.4 Å². The third-order valence-electron chi connectivity index (χ3n) is 9.51. The van der Waals surface area contributed by atoms with Gasteiger partial charge in [-0.1, -0.05) is 217 Å². The number of hydrogen-bond acceptors (Lipinski definition) is 6. The largest absolute Gasteiger partial charge is 0.462 e. The normalized spacial score (nSPS) is 13.5. The molecule has 0 radical (unpaired) electrons. The van der Waals surface area contributed by atoms with E-state index in [2.05, 4.69) is 99.8 Å². The van der Waals surface area contributed by atoms with Crippen LogP contribution < -0.4 is 0 Å². The number of unbranched alkanes of at least 4 members (excludes halogenated alkanes) is 12. The van der Waals surface area contributed by atoms with E-state index >= 15 is 0 Å². The molecule has 0 amide bonds. The molecular weight excluding hydrogens is 793 g/mol. The molecule has 0 aliphatic carbocycles. The van der Waals surface area contributed by atoms with Gasteiger partial charge in [0, 0.05) is 19.3 Å². The summed E-state index contributed by atoms with van der Waals surface area (Å²) in [4.78, 5) is 37.9. The molecule has 0 N–H and O–H groups in total. The van der Waals surface area contributed by atoms with Crippen molar-refractivity contribution in [1.29, 1.82) is 0 Å². The monoisotopic (exact) mass is 879 g/mol. The van der Waals surface area contributed by atoms with Crippen molar-refractivity contribution in [3.05, 3.63) is 158 Å². The van der Waals surface area contributed by atoms with Crippen LogP contribution in [0.2, 0.25) is 0 Å². The Labute approximate surface area is 390 Å². The Morgan fingerprint density at radius 3 is 1.08 bits per heavy atom. The molecule has 6 nitrogen and oxygen atoms in total. The van der Waals surface area contributed by atoms with Crippen LogP contribution in [0.5, 0.6) is 0 Å². The summed E-state index contributed by atoms with van der Waals surface area (Å²) >= 11 is 0. The molecule has 0 rings (SSSR count). The van der Waals surface area contributed by atoms with Crippen LogP contribution in [0.15, 0.2) is 158 Å². The van der Waals surface area contributed by atoms with E-state index in [4.69, 9.17) is 14.2 Å². The molecule has 0 bridgehead atoms. The van der Waals surface area contributed by atoms with Crippen molar-refractivity contribution in [3.8, 4) is 0 Å². The molecular formula is C58H86O6. The standard InChI is InChI=1S/C58H86O6/c1-4-7-10-13-16-19-22-25-27-28-29-30-31-34-36-39-42-45-48-51-57(60)63-54-55(53-62-56(59)50-47-44-41-38-35-32-24-21-18-15-12-9-6-3)64-58(61)52-49-46-43-40-37-33-26-23-20-17-14-11-8-5-2/h7-13,15-22,24-31,33-34,36,55H,4-6,14,23,32,35,37-54H2,1-3H3/b10-7-,11-8-,12-9-,16-13-,18-15-,20-17-,22-19-,24-21-,27-25-,29-28+,31-30-,33-26-,36-34-. The summed E-state index contributed by atoms with van der Waals surface area (Å²) in [6.45, 7) is 6.13. The topological polar surface area (TPSA) is 78.9 Å². The zero-order valence-electron chi connectivity index (χ0n) is 40.2. The number of allylic oxidation sites excluding steroid dienone is 26. The number of esters is 3. The summed E-state index contributed by atoms with van der Waals surface area (Å²) < 4.78 is 16.7. The number of carbonyl (C=O) groups is 3. The van der Waals surface area contributed by atoms with Gasteiger partial charge in [-0.2, -0.15) is 0 Å². The van der Waals surface area contributed by atoms with Crippen LogP contribution in [-0.4, -0.2) is 37.2 Å². The second-order valence-electron chi connectivity index (χ2n) is 15.5. The smallest absolute Gasteiger partial charge is 0.306 e. The Balaban J connectivity index is 4.59. The maximum atomic E-state index is 12.8. The van der Waals surface area contributed by atoms with Crippen LogP contribution in [-0.2, 0) is 28.6 Å². The van der Waals surface area contributed by atoms with Gasteiger partial charge >= 0.3 is 17.9 Å². The SMILES string of the molecule is CC\C=C/C=C\C=C/C=C\C=C\C=C/C=C\CCCCCC(=O)OCC(COC(=O)CCCCCCC\C=C/C=C\C=C/CC)OC(=O)CCCCCC/C=C\C/C=C\C/C=C\CC. The molecule has 0 aliphatic rings. The van der Waals surface area contributed by atoms with Crippen molar-refractivity contribution in [2.24, 2.45) is 0 Å². The van der Waals surface area contributed by atoms with E-state index in [1.54, 1.807) is 0 Å². The lowest BCUT2D eigenvalue weighted by Crippen LogP contribution is -2.30. The van der Waals surface area contributed by atoms with Crippen LogP contribution in [0.25, 0.3) is 0 Å². The van der Waals surface area contributed by atoms with Crippen molar-refractivity contribution < 1.29 is 28.6 Å². The van der Waals surface area contributed by atoms with Gasteiger partial charge in [0.15, 0.2) is 6.10 Å². The van der Waals surface area contributed by atoms with E-state index in [-0.39, 0.29) is 44.0 Å². The first-order valence-electron chi connectivity index (χ1n) is 24.6. The predicted octanol–water partition coefficient (Wildman–Crippen LogP) is 16.2. The first kappa shape index (κ1) is 59.0. The van der Waals surface area contributed by atoms with Crippen molar-refractivity contribution in [1.82, 2.24) is 0 Å². The molecule has 0 aromatic heterocycles. The maximum absolute atomic E-state index is 12.8. The van der Waals surface area contributed by atoms with Gasteiger partial charge in [-0.25, -0.2) is 0 Å². The third kappa shape index (κ3) is 48.1. The summed E-state index contributed by atoms with van der Waals surface area (Å²) in [5.74, 6) is -1.03. The molecule has 0 aromatic carbocycles. The zero-order valence-corrected chi connectivity index (χ0v) is 40.2. The number of hydrogen-bond donors (Lipinski definition) is 0. The second kappa shape index (κ2) is 50.7. The second-order valence-corrected chi connectivity index (χ2v) is 15.5. The van der Waals surface area contributed by atoms with E-state index in [1.165, 1.54) is 0 Å². The summed E-state index contributed by atoms with van der Waals surface area (Å²) in [6, 6.07) is 0. The van der Waals surface area contributed by atoms with Crippen molar-refractivity contribution in [2.75, 3.05) is 13.2 Å². The fourth-order valence-electron chi connectivity index (χ4n) is 5.91. The van der Waals surface area contributed by atoms with Crippen molar-refractivity contribution >= 4 is 17.9 Å². The Hall–Kier alpha value is -4.97. The molecule has 1 atom stereocenters. The fourth-order valence-corrected chi connectivity index (χ4v) is 5.91. The minimum absolute atomic E-state index is 0.121. The van der Waals surface area contributed by atoms with Gasteiger partial charge in [-0.3, -0.25) is 14.4 Å². The van der Waals surface area contributed by atoms with Crippen LogP contribution in [0.3, 0.4) is 0 Å². The quantitative estimate of drug-likeness (QED) is 0.0200. The highest BCUT2D eigenvalue weighted by atomic mass is 16.6. The van der Waals surface area contributed by atoms with E-state index in [1.807, 2.05) is 79.0 Å². The van der Waals surface area contributed by atoms with E-state index < -0.39 is 6.10 Å². The minimum atomic E-state index is -0.825. The van der Waals surface area contributed by atoms with E-state index in [0.29, 0.717) is 12.8 Å². The summed E-state index contributed by atoms with van der Waals surface area (Å²) in [5, 5.41) is 0. The van der Waals surface area contributed by atoms with Crippen molar-refractivity contribution in [2.45, 2.75) is 175 Å². The summed E-state index contributed by atoms with van der Waals surface area (Å²) in [5.41, 5.74) is 0.